The molecule has 0 aliphatic carbocycles. The van der Waals surface area contributed by atoms with Crippen molar-refractivity contribution in [3.63, 3.8) is 0 Å². The molecule has 37 heavy (non-hydrogen) atoms. The topological polar surface area (TPSA) is 121 Å². The molecule has 0 radical (unpaired) electrons. The number of terminal acetylenes is 1. The van der Waals surface area contributed by atoms with Gasteiger partial charge in [-0.15, -0.1) is 6.42 Å². The van der Waals surface area contributed by atoms with Crippen molar-refractivity contribution < 1.29 is 23.3 Å². The van der Waals surface area contributed by atoms with Gasteiger partial charge in [0.1, 0.15) is 24.4 Å². The summed E-state index contributed by atoms with van der Waals surface area (Å²) in [5.74, 6) is 2.70. The van der Waals surface area contributed by atoms with Crippen LogP contribution in [0.25, 0.3) is 0 Å². The van der Waals surface area contributed by atoms with E-state index >= 15 is 0 Å². The third kappa shape index (κ3) is 11.8. The second-order valence-electron chi connectivity index (χ2n) is 7.51. The Labute approximate surface area is 219 Å². The lowest BCUT2D eigenvalue weighted by atomic mass is 10.1. The van der Waals surface area contributed by atoms with Crippen molar-refractivity contribution in [1.29, 1.82) is 0 Å². The van der Waals surface area contributed by atoms with E-state index in [4.69, 9.17) is 24.9 Å². The number of aromatic amines is 1. The Morgan fingerprint density at radius 2 is 1.81 bits per heavy atom. The van der Waals surface area contributed by atoms with Crippen molar-refractivity contribution >= 4 is 14.5 Å². The van der Waals surface area contributed by atoms with Gasteiger partial charge < -0.3 is 18.5 Å². The Bertz CT molecular complexity index is 1060. The van der Waals surface area contributed by atoms with Crippen LogP contribution in [-0.2, 0) is 18.8 Å². The number of nitrogens with zero attached hydrogens (tertiary/aromatic N) is 1. The minimum atomic E-state index is -1.73. The highest BCUT2D eigenvalue weighted by molar-refractivity contribution is 7.45. The lowest BCUT2D eigenvalue weighted by Gasteiger charge is -2.24. The second-order valence-corrected chi connectivity index (χ2v) is 8.78. The van der Waals surface area contributed by atoms with E-state index < -0.39 is 37.9 Å². The standard InChI is InChI=1S/C24H32N3O7P.C2H6/c1-5-18(27-14-13-22(28)26-24(27)30)15-21(31-4)17-32-35(34-20-11-9-8-10-12-20)25-16-23(29)33-19(6-2)7-3;1-2/h1,8-14,18-19,21,25H,6-7,15-17H2,2-4H3,(H,26,28,30);1-2H3. The first-order valence-corrected chi connectivity index (χ1v) is 13.5. The minimum Gasteiger partial charge on any atom is -0.461 e. The molecule has 0 aliphatic heterocycles. The van der Waals surface area contributed by atoms with Gasteiger partial charge in [-0.25, -0.2) is 9.88 Å². The molecule has 1 heterocycles. The van der Waals surface area contributed by atoms with Crippen LogP contribution in [-0.4, -0.2) is 48.0 Å². The summed E-state index contributed by atoms with van der Waals surface area (Å²) in [6.07, 6.45) is 8.05. The van der Waals surface area contributed by atoms with Crippen LogP contribution in [0.4, 0.5) is 0 Å². The van der Waals surface area contributed by atoms with Crippen LogP contribution in [0.2, 0.25) is 0 Å². The molecular weight excluding hydrogens is 497 g/mol. The number of rotatable bonds is 15. The van der Waals surface area contributed by atoms with Crippen LogP contribution in [0.1, 0.15) is 53.0 Å². The zero-order valence-electron chi connectivity index (χ0n) is 22.1. The van der Waals surface area contributed by atoms with Crippen LogP contribution in [0, 0.1) is 12.3 Å². The molecule has 2 N–H and O–H groups in total. The summed E-state index contributed by atoms with van der Waals surface area (Å²) in [5, 5.41) is 2.97. The van der Waals surface area contributed by atoms with Gasteiger partial charge in [0.2, 0.25) is 0 Å². The van der Waals surface area contributed by atoms with Crippen LogP contribution in [0.5, 0.6) is 5.75 Å². The fourth-order valence-electron chi connectivity index (χ4n) is 3.06. The van der Waals surface area contributed by atoms with Crippen LogP contribution < -0.4 is 20.9 Å². The van der Waals surface area contributed by atoms with Gasteiger partial charge in [0, 0.05) is 25.8 Å². The van der Waals surface area contributed by atoms with Gasteiger partial charge in [0.15, 0.2) is 0 Å². The van der Waals surface area contributed by atoms with E-state index in [-0.39, 0.29) is 25.7 Å². The molecule has 0 amide bonds. The summed E-state index contributed by atoms with van der Waals surface area (Å²) in [6, 6.07) is 9.60. The van der Waals surface area contributed by atoms with E-state index in [9.17, 15) is 14.4 Å². The number of ether oxygens (including phenoxy) is 2. The quantitative estimate of drug-likeness (QED) is 0.201. The van der Waals surface area contributed by atoms with Gasteiger partial charge in [-0.05, 0) is 25.0 Å². The number of carbonyl (C=O) groups excluding carboxylic acids is 1. The molecule has 1 aromatic carbocycles. The number of H-pyrrole nitrogens is 1. The van der Waals surface area contributed by atoms with E-state index in [0.717, 1.165) is 12.8 Å². The van der Waals surface area contributed by atoms with Gasteiger partial charge in [-0.3, -0.25) is 19.1 Å². The van der Waals surface area contributed by atoms with Crippen molar-refractivity contribution in [2.75, 3.05) is 20.3 Å². The molecule has 1 aromatic heterocycles. The molecule has 10 nitrogen and oxygen atoms in total. The average molecular weight is 536 g/mol. The SMILES string of the molecule is C#CC(CC(COP(NCC(=O)OC(CC)CC)Oc1ccccc1)OC)n1ccc(=O)[nH]c1=O.CC. The normalized spacial score (nSPS) is 13.0. The number of para-hydroxylation sites is 1. The van der Waals surface area contributed by atoms with Gasteiger partial charge in [-0.2, -0.15) is 0 Å². The molecule has 204 valence electrons. The van der Waals surface area contributed by atoms with E-state index in [1.54, 1.807) is 12.1 Å². The van der Waals surface area contributed by atoms with Gasteiger partial charge in [0.05, 0.1) is 12.7 Å². The maximum Gasteiger partial charge on any atom is 0.329 e. The lowest BCUT2D eigenvalue weighted by Crippen LogP contribution is -2.33. The highest BCUT2D eigenvalue weighted by Gasteiger charge is 2.22. The van der Waals surface area contributed by atoms with Crippen molar-refractivity contribution in [1.82, 2.24) is 14.6 Å². The fraction of sp³-hybridized carbons (Fsp3) is 0.500. The van der Waals surface area contributed by atoms with E-state index in [1.165, 1.54) is 23.9 Å². The first-order valence-electron chi connectivity index (χ1n) is 12.3. The lowest BCUT2D eigenvalue weighted by molar-refractivity contribution is -0.147. The third-order valence-electron chi connectivity index (χ3n) is 5.07. The highest BCUT2D eigenvalue weighted by Crippen LogP contribution is 2.35. The zero-order valence-corrected chi connectivity index (χ0v) is 23.0. The first-order chi connectivity index (χ1) is 17.9. The molecule has 0 spiro atoms. The first kappa shape index (κ1) is 32.1. The summed E-state index contributed by atoms with van der Waals surface area (Å²) >= 11 is 0. The number of esters is 1. The summed E-state index contributed by atoms with van der Waals surface area (Å²) < 4.78 is 24.0. The molecule has 0 bridgehead atoms. The van der Waals surface area contributed by atoms with Crippen LogP contribution >= 0.6 is 8.53 Å². The number of benzene rings is 1. The van der Waals surface area contributed by atoms with Gasteiger partial charge in [-0.1, -0.05) is 51.8 Å². The van der Waals surface area contributed by atoms with E-state index in [1.807, 2.05) is 45.9 Å². The monoisotopic (exact) mass is 535 g/mol. The number of nitrogens with one attached hydrogen (secondary N) is 2. The van der Waals surface area contributed by atoms with Crippen molar-refractivity contribution in [3.8, 4) is 18.1 Å². The summed E-state index contributed by atoms with van der Waals surface area (Å²) in [6.45, 7) is 7.89. The Hall–Kier alpha value is -2.96. The Balaban J connectivity index is 0.00000334. The molecular formula is C26H38N3O7P. The van der Waals surface area contributed by atoms with Crippen LogP contribution in [0.3, 0.4) is 0 Å². The van der Waals surface area contributed by atoms with Crippen molar-refractivity contribution in [2.45, 2.75) is 65.2 Å². The number of aromatic nitrogens is 2. The molecule has 0 fully saturated rings. The molecule has 3 unspecified atom stereocenters. The highest BCUT2D eigenvalue weighted by atomic mass is 31.2. The number of hydrogen-bond donors (Lipinski definition) is 2. The second kappa shape index (κ2) is 18.3. The zero-order chi connectivity index (χ0) is 27.6. The number of hydrogen-bond acceptors (Lipinski definition) is 8. The predicted molar refractivity (Wildman–Crippen MR) is 144 cm³/mol. The predicted octanol–water partition coefficient (Wildman–Crippen LogP) is 3.79. The average Bonchev–Trinajstić information content (AvgIpc) is 2.92. The van der Waals surface area contributed by atoms with Gasteiger partial charge in [0.25, 0.3) is 5.56 Å². The van der Waals surface area contributed by atoms with E-state index in [2.05, 4.69) is 16.0 Å². The van der Waals surface area contributed by atoms with Crippen LogP contribution in [0.15, 0.2) is 52.2 Å². The Kier molecular flexibility index (Phi) is 15.9. The smallest absolute Gasteiger partial charge is 0.329 e. The molecule has 2 aromatic rings. The summed E-state index contributed by atoms with van der Waals surface area (Å²) in [5.41, 5.74) is -1.12. The van der Waals surface area contributed by atoms with E-state index in [0.29, 0.717) is 5.75 Å². The minimum absolute atomic E-state index is 0.0694. The molecule has 11 heteroatoms. The largest absolute Gasteiger partial charge is 0.461 e. The molecule has 0 aliphatic rings. The molecule has 0 saturated heterocycles. The molecule has 0 saturated carbocycles. The Morgan fingerprint density at radius 3 is 2.38 bits per heavy atom. The van der Waals surface area contributed by atoms with Gasteiger partial charge >= 0.3 is 20.2 Å². The number of methoxy groups -OCH3 is 1. The molecule has 3 atom stereocenters. The maximum atomic E-state index is 12.2. The maximum absolute atomic E-state index is 12.2. The summed E-state index contributed by atoms with van der Waals surface area (Å²) in [7, 11) is -0.236. The summed E-state index contributed by atoms with van der Waals surface area (Å²) in [4.78, 5) is 37.9. The third-order valence-corrected chi connectivity index (χ3v) is 6.25. The molecule has 2 rings (SSSR count). The fourth-order valence-corrected chi connectivity index (χ4v) is 4.14. The van der Waals surface area contributed by atoms with Crippen molar-refractivity contribution in [2.24, 2.45) is 0 Å². The van der Waals surface area contributed by atoms with Crippen molar-refractivity contribution in [3.05, 3.63) is 63.4 Å². The Morgan fingerprint density at radius 1 is 1.14 bits per heavy atom. The number of carbonyl (C=O) groups is 1.